The first-order valence-corrected chi connectivity index (χ1v) is 16.6. The Hall–Kier alpha value is -2.03. The van der Waals surface area contributed by atoms with Crippen LogP contribution in [-0.4, -0.2) is 52.3 Å². The molecule has 0 rings (SSSR count). The third-order valence-corrected chi connectivity index (χ3v) is 6.44. The molecular formula is C31H53O9P. The van der Waals surface area contributed by atoms with Gasteiger partial charge in [0.1, 0.15) is 6.61 Å². The Morgan fingerprint density at radius 1 is 0.756 bits per heavy atom. The molecule has 0 radical (unpaired) electrons. The second-order valence-electron chi connectivity index (χ2n) is 9.93. The van der Waals surface area contributed by atoms with Gasteiger partial charge in [-0.1, -0.05) is 101 Å². The highest BCUT2D eigenvalue weighted by Gasteiger charge is 2.22. The molecule has 41 heavy (non-hydrogen) atoms. The predicted octanol–water partition coefficient (Wildman–Crippen LogP) is 7.03. The quantitative estimate of drug-likeness (QED) is 0.0314. The van der Waals surface area contributed by atoms with Crippen molar-refractivity contribution in [1.82, 2.24) is 0 Å². The molecule has 0 bridgehead atoms. The van der Waals surface area contributed by atoms with E-state index in [9.17, 15) is 19.3 Å². The zero-order chi connectivity index (χ0) is 30.6. The molecule has 10 heteroatoms. The fourth-order valence-corrected chi connectivity index (χ4v) is 4.01. The van der Waals surface area contributed by atoms with Gasteiger partial charge < -0.3 is 24.4 Å². The van der Waals surface area contributed by atoms with Crippen LogP contribution in [0.4, 0.5) is 0 Å². The number of carbonyl (C=O) groups is 2. The molecule has 236 valence electrons. The second-order valence-corrected chi connectivity index (χ2v) is 11.2. The molecule has 2 atom stereocenters. The van der Waals surface area contributed by atoms with Crippen molar-refractivity contribution in [2.24, 2.45) is 0 Å². The average Bonchev–Trinajstić information content (AvgIpc) is 2.92. The minimum atomic E-state index is -4.78. The summed E-state index contributed by atoms with van der Waals surface area (Å²) in [7, 11) is -4.78. The Balaban J connectivity index is 4.23. The van der Waals surface area contributed by atoms with Crippen LogP contribution in [0.15, 0.2) is 48.6 Å². The van der Waals surface area contributed by atoms with Crippen LogP contribution >= 0.6 is 7.82 Å². The van der Waals surface area contributed by atoms with E-state index in [4.69, 9.17) is 19.3 Å². The molecule has 0 aliphatic rings. The van der Waals surface area contributed by atoms with Crippen LogP contribution in [0.1, 0.15) is 110 Å². The van der Waals surface area contributed by atoms with Gasteiger partial charge >= 0.3 is 19.8 Å². The van der Waals surface area contributed by atoms with Crippen molar-refractivity contribution in [3.8, 4) is 0 Å². The lowest BCUT2D eigenvalue weighted by molar-refractivity contribution is -0.161. The lowest BCUT2D eigenvalue weighted by Crippen LogP contribution is -2.29. The van der Waals surface area contributed by atoms with Crippen LogP contribution in [-0.2, 0) is 28.2 Å². The SMILES string of the molecule is CCCCC/C=C\C/C=C\C/C=C\C=C\[C@@H](O)CCCC(=O)OC[C@H](COP(=O)(O)O)OC(=O)CCCCCCC. The number of unbranched alkanes of at least 4 members (excludes halogenated alkanes) is 7. The number of rotatable bonds is 26. The number of esters is 2. The van der Waals surface area contributed by atoms with Crippen molar-refractivity contribution in [1.29, 1.82) is 0 Å². The third kappa shape index (κ3) is 29.3. The summed E-state index contributed by atoms with van der Waals surface area (Å²) in [4.78, 5) is 42.1. The van der Waals surface area contributed by atoms with Gasteiger partial charge in [-0.05, 0) is 44.9 Å². The van der Waals surface area contributed by atoms with Crippen molar-refractivity contribution in [3.63, 3.8) is 0 Å². The van der Waals surface area contributed by atoms with E-state index in [0.29, 0.717) is 19.3 Å². The summed E-state index contributed by atoms with van der Waals surface area (Å²) >= 11 is 0. The maximum atomic E-state index is 12.1. The van der Waals surface area contributed by atoms with E-state index in [2.05, 4.69) is 42.7 Å². The van der Waals surface area contributed by atoms with Crippen molar-refractivity contribution < 1.29 is 43.0 Å². The summed E-state index contributed by atoms with van der Waals surface area (Å²) in [6, 6.07) is 0. The fraction of sp³-hybridized carbons (Fsp3) is 0.677. The molecule has 0 unspecified atom stereocenters. The number of phosphoric ester groups is 1. The first-order valence-electron chi connectivity index (χ1n) is 15.0. The molecule has 0 saturated heterocycles. The van der Waals surface area contributed by atoms with Crippen molar-refractivity contribution >= 4 is 19.8 Å². The Bertz CT molecular complexity index is 829. The Morgan fingerprint density at radius 2 is 1.39 bits per heavy atom. The molecule has 0 spiro atoms. The van der Waals surface area contributed by atoms with Gasteiger partial charge in [0.25, 0.3) is 0 Å². The van der Waals surface area contributed by atoms with E-state index in [1.165, 1.54) is 19.3 Å². The van der Waals surface area contributed by atoms with Gasteiger partial charge in [-0.2, -0.15) is 0 Å². The summed E-state index contributed by atoms with van der Waals surface area (Å²) in [5, 5.41) is 10.1. The van der Waals surface area contributed by atoms with Crippen LogP contribution in [0.5, 0.6) is 0 Å². The molecule has 0 fully saturated rings. The fourth-order valence-electron chi connectivity index (χ4n) is 3.65. The minimum absolute atomic E-state index is 0.0377. The highest BCUT2D eigenvalue weighted by Crippen LogP contribution is 2.35. The summed E-state index contributed by atoms with van der Waals surface area (Å²) in [6.45, 7) is 3.32. The zero-order valence-corrected chi connectivity index (χ0v) is 25.9. The maximum absolute atomic E-state index is 12.1. The molecule has 0 heterocycles. The van der Waals surface area contributed by atoms with E-state index in [0.717, 1.165) is 44.9 Å². The van der Waals surface area contributed by atoms with E-state index >= 15 is 0 Å². The van der Waals surface area contributed by atoms with Gasteiger partial charge in [-0.3, -0.25) is 14.1 Å². The first-order chi connectivity index (χ1) is 19.7. The highest BCUT2D eigenvalue weighted by atomic mass is 31.2. The van der Waals surface area contributed by atoms with Gasteiger partial charge in [0.15, 0.2) is 6.10 Å². The van der Waals surface area contributed by atoms with Crippen LogP contribution in [0.3, 0.4) is 0 Å². The number of ether oxygens (including phenoxy) is 2. The normalized spacial score (nSPS) is 14.0. The molecule has 9 nitrogen and oxygen atoms in total. The summed E-state index contributed by atoms with van der Waals surface area (Å²) in [5.41, 5.74) is 0. The number of hydrogen-bond donors (Lipinski definition) is 3. The Kier molecular flexibility index (Phi) is 25.5. The number of aliphatic hydroxyl groups is 1. The van der Waals surface area contributed by atoms with Gasteiger partial charge in [-0.25, -0.2) is 4.57 Å². The average molecular weight is 601 g/mol. The van der Waals surface area contributed by atoms with Crippen molar-refractivity contribution in [2.45, 2.75) is 122 Å². The monoisotopic (exact) mass is 600 g/mol. The zero-order valence-electron chi connectivity index (χ0n) is 25.0. The summed E-state index contributed by atoms with van der Waals surface area (Å²) < 4.78 is 25.8. The molecule has 0 aliphatic carbocycles. The molecule has 0 aliphatic heterocycles. The van der Waals surface area contributed by atoms with E-state index < -0.39 is 38.6 Å². The van der Waals surface area contributed by atoms with Gasteiger partial charge in [0, 0.05) is 12.8 Å². The van der Waals surface area contributed by atoms with Crippen molar-refractivity contribution in [3.05, 3.63) is 48.6 Å². The predicted molar refractivity (Wildman–Crippen MR) is 162 cm³/mol. The van der Waals surface area contributed by atoms with Crippen molar-refractivity contribution in [2.75, 3.05) is 13.2 Å². The smallest absolute Gasteiger partial charge is 0.462 e. The first kappa shape index (κ1) is 39.0. The van der Waals surface area contributed by atoms with Crippen LogP contribution < -0.4 is 0 Å². The molecule has 0 aromatic rings. The van der Waals surface area contributed by atoms with E-state index in [-0.39, 0.29) is 19.4 Å². The highest BCUT2D eigenvalue weighted by molar-refractivity contribution is 7.46. The van der Waals surface area contributed by atoms with Gasteiger partial charge in [0.05, 0.1) is 12.7 Å². The van der Waals surface area contributed by atoms with Gasteiger partial charge in [-0.15, -0.1) is 0 Å². The number of phosphoric acid groups is 1. The topological polar surface area (TPSA) is 140 Å². The minimum Gasteiger partial charge on any atom is -0.462 e. The van der Waals surface area contributed by atoms with Crippen LogP contribution in [0, 0.1) is 0 Å². The number of hydrogen-bond acceptors (Lipinski definition) is 7. The van der Waals surface area contributed by atoms with Gasteiger partial charge in [0.2, 0.25) is 0 Å². The lowest BCUT2D eigenvalue weighted by Gasteiger charge is -2.18. The number of aliphatic hydroxyl groups excluding tert-OH is 1. The lowest BCUT2D eigenvalue weighted by atomic mass is 10.1. The van der Waals surface area contributed by atoms with Crippen LogP contribution in [0.2, 0.25) is 0 Å². The summed E-state index contributed by atoms with van der Waals surface area (Å²) in [5.74, 6) is -1.11. The molecule has 0 aromatic carbocycles. The third-order valence-electron chi connectivity index (χ3n) is 5.95. The summed E-state index contributed by atoms with van der Waals surface area (Å²) in [6.07, 6.45) is 26.4. The molecule has 3 N–H and O–H groups in total. The molecule has 0 amide bonds. The largest absolute Gasteiger partial charge is 0.469 e. The molecule has 0 aromatic heterocycles. The van der Waals surface area contributed by atoms with Crippen LogP contribution in [0.25, 0.3) is 0 Å². The second kappa shape index (κ2) is 26.8. The van der Waals surface area contributed by atoms with E-state index in [1.54, 1.807) is 12.2 Å². The molecule has 0 saturated carbocycles. The standard InChI is InChI=1S/C31H53O9P/c1-3-5-7-9-10-11-12-13-14-15-16-18-19-22-28(32)23-21-25-30(33)38-26-29(27-39-41(35,36)37)40-31(34)24-20-17-8-6-4-2/h10-11,13-14,16,18-19,22,28-29,32H,3-9,12,15,17,20-21,23-27H2,1-2H3,(H2,35,36,37)/b11-10-,14-13-,18-16-,22-19+/t28-,29-/m1/s1. The van der Waals surface area contributed by atoms with E-state index in [1.807, 2.05) is 12.2 Å². The number of carbonyl (C=O) groups excluding carboxylic acids is 2. The molecular weight excluding hydrogens is 547 g/mol. The Morgan fingerprint density at radius 3 is 2.10 bits per heavy atom. The maximum Gasteiger partial charge on any atom is 0.469 e. The number of allylic oxidation sites excluding steroid dienone is 7. The Labute approximate surface area is 247 Å².